The van der Waals surface area contributed by atoms with E-state index in [1.54, 1.807) is 19.1 Å². The second kappa shape index (κ2) is 6.79. The first-order chi connectivity index (χ1) is 10.1. The smallest absolute Gasteiger partial charge is 0.253 e. The van der Waals surface area contributed by atoms with Gasteiger partial charge in [0.2, 0.25) is 0 Å². The Morgan fingerprint density at radius 1 is 1.19 bits per heavy atom. The predicted octanol–water partition coefficient (Wildman–Crippen LogP) is 2.65. The molecule has 0 heterocycles. The average molecular weight is 284 g/mol. The number of nitrogens with two attached hydrogens (primary N) is 1. The number of amides is 1. The molecular weight excluding hydrogens is 264 g/mol. The number of aryl methyl sites for hydroxylation is 2. The molecule has 0 spiro atoms. The topological polar surface area (TPSA) is 75.4 Å². The molecule has 0 radical (unpaired) electrons. The van der Waals surface area contributed by atoms with Crippen LogP contribution in [0.2, 0.25) is 0 Å². The Morgan fingerprint density at radius 3 is 2.62 bits per heavy atom. The second-order valence-electron chi connectivity index (χ2n) is 5.04. The van der Waals surface area contributed by atoms with Crippen molar-refractivity contribution in [2.24, 2.45) is 0 Å². The monoisotopic (exact) mass is 284 g/mol. The summed E-state index contributed by atoms with van der Waals surface area (Å²) in [4.78, 5) is 12.0. The Bertz CT molecular complexity index is 624. The van der Waals surface area contributed by atoms with Crippen molar-refractivity contribution >= 4 is 11.6 Å². The Hall–Kier alpha value is -2.49. The van der Waals surface area contributed by atoms with Crippen LogP contribution in [-0.4, -0.2) is 17.6 Å². The number of anilines is 1. The first-order valence-corrected chi connectivity index (χ1v) is 6.99. The molecule has 0 bridgehead atoms. The number of rotatable bonds is 5. The van der Waals surface area contributed by atoms with Gasteiger partial charge < -0.3 is 16.2 Å². The lowest BCUT2D eigenvalue weighted by Gasteiger charge is -2.10. The van der Waals surface area contributed by atoms with Crippen LogP contribution in [0.3, 0.4) is 0 Å². The Balaban J connectivity index is 1.87. The van der Waals surface area contributed by atoms with E-state index in [1.165, 1.54) is 5.56 Å². The van der Waals surface area contributed by atoms with E-state index in [1.807, 2.05) is 18.2 Å². The zero-order chi connectivity index (χ0) is 15.2. The summed E-state index contributed by atoms with van der Waals surface area (Å²) in [6.45, 7) is 2.31. The first kappa shape index (κ1) is 14.9. The fourth-order valence-electron chi connectivity index (χ4n) is 2.15. The molecule has 0 unspecified atom stereocenters. The molecule has 4 N–H and O–H groups in total. The van der Waals surface area contributed by atoms with Crippen LogP contribution in [0, 0.1) is 6.92 Å². The van der Waals surface area contributed by atoms with E-state index >= 15 is 0 Å². The SMILES string of the molecule is Cc1ccc(C(=O)NCCCc2ccccc2)c(N)c1O. The largest absolute Gasteiger partial charge is 0.505 e. The summed E-state index contributed by atoms with van der Waals surface area (Å²) in [5.74, 6) is -0.275. The number of phenolic OH excluding ortho intramolecular Hbond substituents is 1. The van der Waals surface area contributed by atoms with E-state index in [-0.39, 0.29) is 17.3 Å². The lowest BCUT2D eigenvalue weighted by molar-refractivity contribution is 0.0954. The van der Waals surface area contributed by atoms with Gasteiger partial charge in [-0.25, -0.2) is 0 Å². The molecule has 21 heavy (non-hydrogen) atoms. The van der Waals surface area contributed by atoms with Crippen LogP contribution < -0.4 is 11.1 Å². The fraction of sp³-hybridized carbons (Fsp3) is 0.235. The summed E-state index contributed by atoms with van der Waals surface area (Å²) in [6, 6.07) is 13.4. The number of carbonyl (C=O) groups excluding carboxylic acids is 1. The van der Waals surface area contributed by atoms with Crippen molar-refractivity contribution in [2.45, 2.75) is 19.8 Å². The van der Waals surface area contributed by atoms with Gasteiger partial charge in [-0.05, 0) is 37.0 Å². The number of hydrogen-bond donors (Lipinski definition) is 3. The number of carbonyl (C=O) groups is 1. The third-order valence-electron chi connectivity index (χ3n) is 3.43. The Kier molecular flexibility index (Phi) is 4.82. The quantitative estimate of drug-likeness (QED) is 0.449. The van der Waals surface area contributed by atoms with Gasteiger partial charge in [0.15, 0.2) is 0 Å². The molecule has 0 aromatic heterocycles. The summed E-state index contributed by atoms with van der Waals surface area (Å²) < 4.78 is 0. The first-order valence-electron chi connectivity index (χ1n) is 6.99. The van der Waals surface area contributed by atoms with E-state index in [4.69, 9.17) is 5.73 Å². The molecule has 0 fully saturated rings. The number of hydrogen-bond acceptors (Lipinski definition) is 3. The molecule has 0 aliphatic carbocycles. The number of benzene rings is 2. The summed E-state index contributed by atoms with van der Waals surface area (Å²) in [6.07, 6.45) is 1.77. The van der Waals surface area contributed by atoms with Gasteiger partial charge in [-0.15, -0.1) is 0 Å². The summed E-state index contributed by atoms with van der Waals surface area (Å²) in [5.41, 5.74) is 8.13. The normalized spacial score (nSPS) is 10.3. The van der Waals surface area contributed by atoms with E-state index in [9.17, 15) is 9.90 Å². The Labute approximate surface area is 124 Å². The van der Waals surface area contributed by atoms with Crippen LogP contribution >= 0.6 is 0 Å². The van der Waals surface area contributed by atoms with Crippen molar-refractivity contribution < 1.29 is 9.90 Å². The highest BCUT2D eigenvalue weighted by atomic mass is 16.3. The van der Waals surface area contributed by atoms with Crippen LogP contribution in [-0.2, 0) is 6.42 Å². The van der Waals surface area contributed by atoms with Gasteiger partial charge >= 0.3 is 0 Å². The summed E-state index contributed by atoms with van der Waals surface area (Å²) in [7, 11) is 0. The average Bonchev–Trinajstić information content (AvgIpc) is 2.50. The van der Waals surface area contributed by atoms with Crippen molar-refractivity contribution in [3.05, 3.63) is 59.2 Å². The standard InChI is InChI=1S/C17H20N2O2/c1-12-9-10-14(15(18)16(12)20)17(21)19-11-5-8-13-6-3-2-4-7-13/h2-4,6-7,9-10,20H,5,8,11,18H2,1H3,(H,19,21). The van der Waals surface area contributed by atoms with Crippen LogP contribution in [0.15, 0.2) is 42.5 Å². The zero-order valence-electron chi connectivity index (χ0n) is 12.1. The maximum Gasteiger partial charge on any atom is 0.253 e. The van der Waals surface area contributed by atoms with E-state index in [2.05, 4.69) is 17.4 Å². The molecule has 110 valence electrons. The van der Waals surface area contributed by atoms with Crippen LogP contribution in [0.5, 0.6) is 5.75 Å². The lowest BCUT2D eigenvalue weighted by atomic mass is 10.1. The number of phenols is 1. The van der Waals surface area contributed by atoms with Gasteiger partial charge in [-0.1, -0.05) is 36.4 Å². The van der Waals surface area contributed by atoms with Gasteiger partial charge in [0.1, 0.15) is 5.75 Å². The molecular formula is C17H20N2O2. The lowest BCUT2D eigenvalue weighted by Crippen LogP contribution is -2.25. The van der Waals surface area contributed by atoms with E-state index in [0.717, 1.165) is 12.8 Å². The van der Waals surface area contributed by atoms with Crippen molar-refractivity contribution in [3.8, 4) is 5.75 Å². The minimum Gasteiger partial charge on any atom is -0.505 e. The molecule has 2 aromatic rings. The highest BCUT2D eigenvalue weighted by molar-refractivity contribution is 6.00. The third-order valence-corrected chi connectivity index (χ3v) is 3.43. The molecule has 4 heteroatoms. The number of nitrogens with one attached hydrogen (secondary N) is 1. The molecule has 0 aliphatic rings. The van der Waals surface area contributed by atoms with Gasteiger partial charge in [0, 0.05) is 6.54 Å². The van der Waals surface area contributed by atoms with Crippen molar-refractivity contribution in [1.82, 2.24) is 5.32 Å². The molecule has 0 saturated carbocycles. The minimum atomic E-state index is -0.254. The van der Waals surface area contributed by atoms with Crippen LogP contribution in [0.4, 0.5) is 5.69 Å². The molecule has 2 aromatic carbocycles. The predicted molar refractivity (Wildman–Crippen MR) is 84.4 cm³/mol. The third kappa shape index (κ3) is 3.75. The summed E-state index contributed by atoms with van der Waals surface area (Å²) in [5, 5.41) is 12.6. The fourth-order valence-corrected chi connectivity index (χ4v) is 2.15. The van der Waals surface area contributed by atoms with Gasteiger partial charge in [-0.2, -0.15) is 0 Å². The highest BCUT2D eigenvalue weighted by Crippen LogP contribution is 2.27. The van der Waals surface area contributed by atoms with E-state index < -0.39 is 0 Å². The van der Waals surface area contributed by atoms with Crippen LogP contribution in [0.25, 0.3) is 0 Å². The zero-order valence-corrected chi connectivity index (χ0v) is 12.1. The van der Waals surface area contributed by atoms with Crippen molar-refractivity contribution in [3.63, 3.8) is 0 Å². The molecule has 0 atom stereocenters. The maximum absolute atomic E-state index is 12.0. The van der Waals surface area contributed by atoms with Gasteiger partial charge in [0.05, 0.1) is 11.3 Å². The molecule has 4 nitrogen and oxygen atoms in total. The number of aromatic hydroxyl groups is 1. The van der Waals surface area contributed by atoms with Crippen molar-refractivity contribution in [2.75, 3.05) is 12.3 Å². The molecule has 0 aliphatic heterocycles. The molecule has 0 saturated heterocycles. The molecule has 1 amide bonds. The highest BCUT2D eigenvalue weighted by Gasteiger charge is 2.13. The van der Waals surface area contributed by atoms with Crippen molar-refractivity contribution in [1.29, 1.82) is 0 Å². The Morgan fingerprint density at radius 2 is 1.90 bits per heavy atom. The molecule has 2 rings (SSSR count). The van der Waals surface area contributed by atoms with Gasteiger partial charge in [0.25, 0.3) is 5.91 Å². The van der Waals surface area contributed by atoms with Crippen LogP contribution in [0.1, 0.15) is 27.9 Å². The van der Waals surface area contributed by atoms with E-state index in [0.29, 0.717) is 17.7 Å². The van der Waals surface area contributed by atoms with Gasteiger partial charge in [-0.3, -0.25) is 4.79 Å². The maximum atomic E-state index is 12.0. The second-order valence-corrected chi connectivity index (χ2v) is 5.04. The summed E-state index contributed by atoms with van der Waals surface area (Å²) >= 11 is 0. The number of nitrogen functional groups attached to an aromatic ring is 1. The minimum absolute atomic E-state index is 0.0214.